The first-order valence-electron chi connectivity index (χ1n) is 7.26. The van der Waals surface area contributed by atoms with Crippen LogP contribution in [0.3, 0.4) is 0 Å². The Balaban J connectivity index is 1.75. The molecule has 0 aliphatic carbocycles. The van der Waals surface area contributed by atoms with Crippen molar-refractivity contribution in [2.24, 2.45) is 0 Å². The highest BCUT2D eigenvalue weighted by Gasteiger charge is 2.08. The molecule has 0 atom stereocenters. The molecule has 0 saturated heterocycles. The molecule has 1 aromatic heterocycles. The number of hydrogen-bond donors (Lipinski definition) is 2. The second-order valence-corrected chi connectivity index (χ2v) is 6.86. The van der Waals surface area contributed by atoms with Crippen molar-refractivity contribution in [2.45, 2.75) is 17.8 Å². The average Bonchev–Trinajstić information content (AvgIpc) is 3.06. The Labute approximate surface area is 148 Å². The first-order valence-corrected chi connectivity index (χ1v) is 9.06. The molecule has 0 unspecified atom stereocenters. The van der Waals surface area contributed by atoms with Crippen molar-refractivity contribution in [2.75, 3.05) is 24.7 Å². The van der Waals surface area contributed by atoms with E-state index in [0.717, 1.165) is 21.6 Å². The van der Waals surface area contributed by atoms with Crippen LogP contribution < -0.4 is 10.6 Å². The molecule has 1 aromatic carbocycles. The summed E-state index contributed by atoms with van der Waals surface area (Å²) < 4.78 is 5.39. The van der Waals surface area contributed by atoms with Gasteiger partial charge in [0, 0.05) is 13.1 Å². The van der Waals surface area contributed by atoms with Crippen LogP contribution in [0.5, 0.6) is 0 Å². The quantitative estimate of drug-likeness (QED) is 0.546. The van der Waals surface area contributed by atoms with E-state index >= 15 is 0 Å². The number of thioether (sulfide) groups is 1. The molecule has 0 aliphatic heterocycles. The number of nitrogens with zero attached hydrogens (tertiary/aromatic N) is 2. The smallest absolute Gasteiger partial charge is 0.337 e. The monoisotopic (exact) mass is 366 g/mol. The first kappa shape index (κ1) is 18.2. The fourth-order valence-electron chi connectivity index (χ4n) is 1.75. The van der Waals surface area contributed by atoms with E-state index < -0.39 is 0 Å². The molecule has 0 fully saturated rings. The summed E-state index contributed by atoms with van der Waals surface area (Å²) >= 11 is 2.78. The summed E-state index contributed by atoms with van der Waals surface area (Å²) in [5.41, 5.74) is 1.39. The normalized spacial score (nSPS) is 10.2. The first-order chi connectivity index (χ1) is 11.6. The van der Waals surface area contributed by atoms with Crippen molar-refractivity contribution < 1.29 is 14.3 Å². The van der Waals surface area contributed by atoms with E-state index in [1.165, 1.54) is 30.2 Å². The van der Waals surface area contributed by atoms with Crippen LogP contribution in [0, 0.1) is 0 Å². The zero-order valence-electron chi connectivity index (χ0n) is 13.4. The molecule has 9 heteroatoms. The van der Waals surface area contributed by atoms with Crippen LogP contribution in [0.1, 0.15) is 22.8 Å². The van der Waals surface area contributed by atoms with E-state index in [9.17, 15) is 9.59 Å². The molecule has 0 radical (unpaired) electrons. The van der Waals surface area contributed by atoms with Gasteiger partial charge in [0.05, 0.1) is 18.4 Å². The Morgan fingerprint density at radius 1 is 1.25 bits per heavy atom. The maximum atomic E-state index is 11.9. The highest BCUT2D eigenvalue weighted by molar-refractivity contribution is 8.01. The van der Waals surface area contributed by atoms with Gasteiger partial charge in [-0.3, -0.25) is 4.79 Å². The minimum atomic E-state index is -0.379. The molecule has 0 saturated carbocycles. The fraction of sp³-hybridized carbons (Fsp3) is 0.333. The topological polar surface area (TPSA) is 93.2 Å². The van der Waals surface area contributed by atoms with Crippen molar-refractivity contribution in [1.82, 2.24) is 15.5 Å². The number of esters is 1. The number of rotatable bonds is 8. The van der Waals surface area contributed by atoms with Crippen LogP contribution in [-0.2, 0) is 16.1 Å². The molecule has 2 N–H and O–H groups in total. The van der Waals surface area contributed by atoms with Crippen molar-refractivity contribution in [1.29, 1.82) is 0 Å². The van der Waals surface area contributed by atoms with Crippen LogP contribution in [0.15, 0.2) is 28.6 Å². The van der Waals surface area contributed by atoms with Gasteiger partial charge in [0.25, 0.3) is 0 Å². The number of anilines is 1. The van der Waals surface area contributed by atoms with E-state index in [-0.39, 0.29) is 17.6 Å². The van der Waals surface area contributed by atoms with Crippen LogP contribution in [0.4, 0.5) is 5.13 Å². The number of methoxy groups -OCH3 is 1. The van der Waals surface area contributed by atoms with Crippen molar-refractivity contribution in [3.05, 3.63) is 35.4 Å². The van der Waals surface area contributed by atoms with Gasteiger partial charge in [0.1, 0.15) is 0 Å². The SMILES string of the molecule is CCNc1nnc(SCC(=O)NCc2ccc(C(=O)OC)cc2)s1. The number of amides is 1. The Bertz CT molecular complexity index is 688. The fourth-order valence-corrected chi connectivity index (χ4v) is 3.40. The molecule has 0 aliphatic rings. The van der Waals surface area contributed by atoms with Gasteiger partial charge in [-0.15, -0.1) is 10.2 Å². The van der Waals surface area contributed by atoms with Gasteiger partial charge in [0.15, 0.2) is 4.34 Å². The van der Waals surface area contributed by atoms with Gasteiger partial charge < -0.3 is 15.4 Å². The lowest BCUT2D eigenvalue weighted by Crippen LogP contribution is -2.24. The standard InChI is InChI=1S/C15H18N4O3S2/c1-3-16-14-18-19-15(24-14)23-9-12(20)17-8-10-4-6-11(7-5-10)13(21)22-2/h4-7H,3,8-9H2,1-2H3,(H,16,18)(H,17,20). The average molecular weight is 366 g/mol. The van der Waals surface area contributed by atoms with Gasteiger partial charge in [-0.05, 0) is 24.6 Å². The predicted octanol–water partition coefficient (Wildman–Crippen LogP) is 2.16. The van der Waals surface area contributed by atoms with Crippen LogP contribution in [0.25, 0.3) is 0 Å². The summed E-state index contributed by atoms with van der Waals surface area (Å²) in [6.07, 6.45) is 0. The number of hydrogen-bond acceptors (Lipinski definition) is 8. The van der Waals surface area contributed by atoms with Gasteiger partial charge in [-0.2, -0.15) is 0 Å². The van der Waals surface area contributed by atoms with E-state index in [1.54, 1.807) is 24.3 Å². The van der Waals surface area contributed by atoms with Gasteiger partial charge in [0.2, 0.25) is 11.0 Å². The van der Waals surface area contributed by atoms with Crippen molar-refractivity contribution in [3.8, 4) is 0 Å². The Kier molecular flexibility index (Phi) is 7.01. The molecule has 0 bridgehead atoms. The molecule has 7 nitrogen and oxygen atoms in total. The molecule has 2 aromatic rings. The minimum Gasteiger partial charge on any atom is -0.465 e. The lowest BCUT2D eigenvalue weighted by Gasteiger charge is -2.05. The molecule has 24 heavy (non-hydrogen) atoms. The lowest BCUT2D eigenvalue weighted by atomic mass is 10.1. The zero-order valence-corrected chi connectivity index (χ0v) is 15.0. The minimum absolute atomic E-state index is 0.0859. The predicted molar refractivity (Wildman–Crippen MR) is 94.4 cm³/mol. The Hall–Kier alpha value is -2.13. The number of benzene rings is 1. The van der Waals surface area contributed by atoms with E-state index in [0.29, 0.717) is 12.1 Å². The largest absolute Gasteiger partial charge is 0.465 e. The zero-order chi connectivity index (χ0) is 17.4. The number of nitrogens with one attached hydrogen (secondary N) is 2. The highest BCUT2D eigenvalue weighted by atomic mass is 32.2. The summed E-state index contributed by atoms with van der Waals surface area (Å²) in [6, 6.07) is 6.91. The maximum absolute atomic E-state index is 11.9. The number of carbonyl (C=O) groups excluding carboxylic acids is 2. The van der Waals surface area contributed by atoms with E-state index in [1.807, 2.05) is 6.92 Å². The molecule has 2 rings (SSSR count). The Morgan fingerprint density at radius 2 is 2.00 bits per heavy atom. The van der Waals surface area contributed by atoms with Crippen molar-refractivity contribution in [3.63, 3.8) is 0 Å². The maximum Gasteiger partial charge on any atom is 0.337 e. The summed E-state index contributed by atoms with van der Waals surface area (Å²) in [5, 5.41) is 14.6. The summed E-state index contributed by atoms with van der Waals surface area (Å²) in [7, 11) is 1.34. The van der Waals surface area contributed by atoms with Gasteiger partial charge in [-0.25, -0.2) is 4.79 Å². The molecular formula is C15H18N4O3S2. The summed E-state index contributed by atoms with van der Waals surface area (Å²) in [5.74, 6) is -0.186. The molecule has 128 valence electrons. The van der Waals surface area contributed by atoms with E-state index in [2.05, 4.69) is 25.6 Å². The number of carbonyl (C=O) groups is 2. The third-order valence-corrected chi connectivity index (χ3v) is 4.94. The summed E-state index contributed by atoms with van der Waals surface area (Å²) in [4.78, 5) is 23.2. The second-order valence-electron chi connectivity index (χ2n) is 4.66. The summed E-state index contributed by atoms with van der Waals surface area (Å²) in [6.45, 7) is 3.17. The van der Waals surface area contributed by atoms with Gasteiger partial charge >= 0.3 is 5.97 Å². The molecular weight excluding hydrogens is 348 g/mol. The third-order valence-electron chi connectivity index (χ3n) is 2.93. The number of ether oxygens (including phenoxy) is 1. The second kappa shape index (κ2) is 9.24. The van der Waals surface area contributed by atoms with Gasteiger partial charge in [-0.1, -0.05) is 35.2 Å². The van der Waals surface area contributed by atoms with Crippen molar-refractivity contribution >= 4 is 40.1 Å². The molecule has 1 heterocycles. The van der Waals surface area contributed by atoms with Crippen LogP contribution >= 0.6 is 23.1 Å². The molecule has 0 spiro atoms. The highest BCUT2D eigenvalue weighted by Crippen LogP contribution is 2.24. The Morgan fingerprint density at radius 3 is 2.67 bits per heavy atom. The number of aromatic nitrogens is 2. The van der Waals surface area contributed by atoms with E-state index in [4.69, 9.17) is 0 Å². The third kappa shape index (κ3) is 5.50. The van der Waals surface area contributed by atoms with Crippen LogP contribution in [0.2, 0.25) is 0 Å². The lowest BCUT2D eigenvalue weighted by molar-refractivity contribution is -0.118. The molecule has 1 amide bonds. The van der Waals surface area contributed by atoms with Crippen LogP contribution in [-0.4, -0.2) is 41.5 Å².